The van der Waals surface area contributed by atoms with Crippen molar-refractivity contribution in [1.82, 2.24) is 15.0 Å². The molecule has 0 aliphatic heterocycles. The Labute approximate surface area is 137 Å². The van der Waals surface area contributed by atoms with E-state index in [9.17, 15) is 14.4 Å². The molecule has 0 bridgehead atoms. The van der Waals surface area contributed by atoms with E-state index in [1.165, 1.54) is 0 Å². The van der Waals surface area contributed by atoms with Crippen LogP contribution in [0, 0.1) is 6.92 Å². The van der Waals surface area contributed by atoms with Gasteiger partial charge in [-0.05, 0) is 18.6 Å². The third-order valence-corrected chi connectivity index (χ3v) is 3.21. The van der Waals surface area contributed by atoms with Gasteiger partial charge in [0.1, 0.15) is 6.54 Å². The molecule has 0 fully saturated rings. The van der Waals surface area contributed by atoms with Crippen molar-refractivity contribution in [2.45, 2.75) is 13.5 Å². The van der Waals surface area contributed by atoms with E-state index < -0.39 is 17.8 Å². The first-order chi connectivity index (χ1) is 11.5. The highest BCUT2D eigenvalue weighted by Crippen LogP contribution is 2.14. The predicted molar refractivity (Wildman–Crippen MR) is 82.5 cm³/mol. The van der Waals surface area contributed by atoms with E-state index in [4.69, 9.17) is 0 Å². The summed E-state index contributed by atoms with van der Waals surface area (Å²) in [6.45, 7) is 1.53. The van der Waals surface area contributed by atoms with Gasteiger partial charge in [-0.2, -0.15) is 0 Å². The number of esters is 2. The van der Waals surface area contributed by atoms with Gasteiger partial charge in [0.15, 0.2) is 5.69 Å². The van der Waals surface area contributed by atoms with Crippen molar-refractivity contribution >= 4 is 23.5 Å². The van der Waals surface area contributed by atoms with Gasteiger partial charge in [-0.25, -0.2) is 14.3 Å². The number of methoxy groups -OCH3 is 2. The molecule has 1 aromatic heterocycles. The maximum Gasteiger partial charge on any atom is 0.361 e. The first-order valence-corrected chi connectivity index (χ1v) is 6.93. The minimum Gasteiger partial charge on any atom is -0.464 e. The van der Waals surface area contributed by atoms with E-state index in [1.54, 1.807) is 12.1 Å². The molecule has 1 amide bonds. The van der Waals surface area contributed by atoms with E-state index in [-0.39, 0.29) is 17.9 Å². The molecule has 2 aromatic rings. The Morgan fingerprint density at radius 1 is 1.12 bits per heavy atom. The molecule has 126 valence electrons. The van der Waals surface area contributed by atoms with Gasteiger partial charge in [0.05, 0.1) is 14.2 Å². The van der Waals surface area contributed by atoms with Gasteiger partial charge in [0, 0.05) is 5.69 Å². The molecule has 0 aliphatic carbocycles. The zero-order valence-electron chi connectivity index (χ0n) is 13.4. The summed E-state index contributed by atoms with van der Waals surface area (Å²) in [5, 5.41) is 9.95. The van der Waals surface area contributed by atoms with Crippen LogP contribution in [0.15, 0.2) is 24.3 Å². The smallest absolute Gasteiger partial charge is 0.361 e. The number of aromatic nitrogens is 3. The molecular formula is C15H16N4O5. The lowest BCUT2D eigenvalue weighted by Gasteiger charge is -2.09. The highest BCUT2D eigenvalue weighted by atomic mass is 16.5. The van der Waals surface area contributed by atoms with Crippen LogP contribution in [0.25, 0.3) is 0 Å². The van der Waals surface area contributed by atoms with Crippen molar-refractivity contribution in [2.75, 3.05) is 19.5 Å². The normalized spacial score (nSPS) is 10.1. The molecule has 0 atom stereocenters. The fourth-order valence-corrected chi connectivity index (χ4v) is 2.00. The van der Waals surface area contributed by atoms with Gasteiger partial charge < -0.3 is 14.8 Å². The Hall–Kier alpha value is -3.23. The summed E-state index contributed by atoms with van der Waals surface area (Å²) in [6.07, 6.45) is 0. The predicted octanol–water partition coefficient (Wildman–Crippen LogP) is 0.798. The van der Waals surface area contributed by atoms with Crippen molar-refractivity contribution in [1.29, 1.82) is 0 Å². The van der Waals surface area contributed by atoms with E-state index >= 15 is 0 Å². The molecule has 0 radical (unpaired) electrons. The molecule has 0 spiro atoms. The van der Waals surface area contributed by atoms with Gasteiger partial charge in [0.2, 0.25) is 11.6 Å². The summed E-state index contributed by atoms with van der Waals surface area (Å²) >= 11 is 0. The second-order valence-corrected chi connectivity index (χ2v) is 4.79. The van der Waals surface area contributed by atoms with Crippen LogP contribution in [0.2, 0.25) is 0 Å². The Bertz CT molecular complexity index is 784. The van der Waals surface area contributed by atoms with Crippen molar-refractivity contribution in [3.05, 3.63) is 41.2 Å². The first kappa shape index (κ1) is 17.1. The molecule has 1 heterocycles. The SMILES string of the molecule is COC(=O)c1nnn(CC(=O)Nc2ccccc2C)c1C(=O)OC. The van der Waals surface area contributed by atoms with Gasteiger partial charge >= 0.3 is 11.9 Å². The zero-order valence-corrected chi connectivity index (χ0v) is 13.4. The van der Waals surface area contributed by atoms with Crippen LogP contribution in [0.4, 0.5) is 5.69 Å². The average molecular weight is 332 g/mol. The molecule has 24 heavy (non-hydrogen) atoms. The Kier molecular flexibility index (Phi) is 5.25. The fourth-order valence-electron chi connectivity index (χ4n) is 2.00. The molecule has 0 unspecified atom stereocenters. The lowest BCUT2D eigenvalue weighted by Crippen LogP contribution is -2.24. The average Bonchev–Trinajstić information content (AvgIpc) is 2.99. The number of anilines is 1. The first-order valence-electron chi connectivity index (χ1n) is 6.93. The lowest BCUT2D eigenvalue weighted by atomic mass is 10.2. The van der Waals surface area contributed by atoms with Gasteiger partial charge in [-0.1, -0.05) is 23.4 Å². The van der Waals surface area contributed by atoms with Crippen molar-refractivity contribution < 1.29 is 23.9 Å². The summed E-state index contributed by atoms with van der Waals surface area (Å²) in [5.74, 6) is -2.12. The largest absolute Gasteiger partial charge is 0.464 e. The maximum absolute atomic E-state index is 12.2. The molecule has 1 N–H and O–H groups in total. The third kappa shape index (κ3) is 3.57. The second kappa shape index (κ2) is 7.36. The number of aryl methyl sites for hydroxylation is 1. The second-order valence-electron chi connectivity index (χ2n) is 4.79. The van der Waals surface area contributed by atoms with Crippen molar-refractivity contribution in [3.8, 4) is 0 Å². The number of ether oxygens (including phenoxy) is 2. The topological polar surface area (TPSA) is 112 Å². The number of benzene rings is 1. The van der Waals surface area contributed by atoms with E-state index in [0.29, 0.717) is 5.69 Å². The molecule has 2 rings (SSSR count). The minimum absolute atomic E-state index is 0.246. The van der Waals surface area contributed by atoms with Crippen LogP contribution in [0.5, 0.6) is 0 Å². The minimum atomic E-state index is -0.846. The summed E-state index contributed by atoms with van der Waals surface area (Å²) in [6, 6.07) is 7.23. The highest BCUT2D eigenvalue weighted by Gasteiger charge is 2.27. The summed E-state index contributed by atoms with van der Waals surface area (Å²) < 4.78 is 10.1. The number of hydrogen-bond acceptors (Lipinski definition) is 7. The molecule has 9 nitrogen and oxygen atoms in total. The molecule has 0 saturated carbocycles. The standard InChI is InChI=1S/C15H16N4O5/c1-9-6-4-5-7-10(9)16-11(20)8-19-13(15(22)24-3)12(17-18-19)14(21)23-2/h4-7H,8H2,1-3H3,(H,16,20). The van der Waals surface area contributed by atoms with Crippen LogP contribution in [0.1, 0.15) is 26.5 Å². The number of para-hydroxylation sites is 1. The molecular weight excluding hydrogens is 316 g/mol. The third-order valence-electron chi connectivity index (χ3n) is 3.21. The Morgan fingerprint density at radius 3 is 2.42 bits per heavy atom. The molecule has 0 saturated heterocycles. The fraction of sp³-hybridized carbons (Fsp3) is 0.267. The summed E-state index contributed by atoms with van der Waals surface area (Å²) in [4.78, 5) is 35.7. The van der Waals surface area contributed by atoms with Crippen LogP contribution in [-0.2, 0) is 20.8 Å². The van der Waals surface area contributed by atoms with Gasteiger partial charge in [0.25, 0.3) is 0 Å². The number of carbonyl (C=O) groups is 3. The lowest BCUT2D eigenvalue weighted by molar-refractivity contribution is -0.117. The van der Waals surface area contributed by atoms with Crippen LogP contribution >= 0.6 is 0 Å². The van der Waals surface area contributed by atoms with Crippen LogP contribution < -0.4 is 5.32 Å². The molecule has 0 aliphatic rings. The molecule has 9 heteroatoms. The number of nitrogens with one attached hydrogen (secondary N) is 1. The van der Waals surface area contributed by atoms with E-state index in [2.05, 4.69) is 25.1 Å². The number of amides is 1. The number of nitrogens with zero attached hydrogens (tertiary/aromatic N) is 3. The number of rotatable bonds is 5. The number of carbonyl (C=O) groups excluding carboxylic acids is 3. The van der Waals surface area contributed by atoms with E-state index in [1.807, 2.05) is 19.1 Å². The van der Waals surface area contributed by atoms with Crippen LogP contribution in [0.3, 0.4) is 0 Å². The van der Waals surface area contributed by atoms with Gasteiger partial charge in [-0.3, -0.25) is 4.79 Å². The summed E-state index contributed by atoms with van der Waals surface area (Å²) in [7, 11) is 2.29. The Morgan fingerprint density at radius 2 is 1.79 bits per heavy atom. The van der Waals surface area contributed by atoms with Crippen molar-refractivity contribution in [2.24, 2.45) is 0 Å². The quantitative estimate of drug-likeness (QED) is 0.806. The highest BCUT2D eigenvalue weighted by molar-refractivity contribution is 6.01. The maximum atomic E-state index is 12.2. The number of hydrogen-bond donors (Lipinski definition) is 1. The van der Waals surface area contributed by atoms with Crippen LogP contribution in [-0.4, -0.2) is 47.1 Å². The van der Waals surface area contributed by atoms with Gasteiger partial charge in [-0.15, -0.1) is 5.10 Å². The monoisotopic (exact) mass is 332 g/mol. The summed E-state index contributed by atoms with van der Waals surface area (Å²) in [5.41, 5.74) is 0.959. The van der Waals surface area contributed by atoms with Crippen molar-refractivity contribution in [3.63, 3.8) is 0 Å². The zero-order chi connectivity index (χ0) is 17.7. The Balaban J connectivity index is 2.24. The molecule has 1 aromatic carbocycles. The van der Waals surface area contributed by atoms with E-state index in [0.717, 1.165) is 24.5 Å².